The zero-order valence-electron chi connectivity index (χ0n) is 17.1. The standard InChI is InChI=1S/C26H32O2/c1-2-3-4-5-6-7-8-9-13-19-23-22-18-14-15-20-24(22)28-26(23)25(27)21-16-11-10-12-17-21/h10-12,14-18,20H,2-9,13,19H2,1H3. The van der Waals surface area contributed by atoms with E-state index >= 15 is 0 Å². The molecule has 3 aromatic rings. The van der Waals surface area contributed by atoms with Crippen molar-refractivity contribution >= 4 is 16.8 Å². The van der Waals surface area contributed by atoms with E-state index in [1.807, 2.05) is 48.5 Å². The van der Waals surface area contributed by atoms with Crippen LogP contribution in [0.5, 0.6) is 0 Å². The average molecular weight is 377 g/mol. The Hall–Kier alpha value is -2.35. The van der Waals surface area contributed by atoms with Crippen molar-refractivity contribution in [1.29, 1.82) is 0 Å². The molecular formula is C26H32O2. The van der Waals surface area contributed by atoms with Gasteiger partial charge >= 0.3 is 0 Å². The Morgan fingerprint density at radius 2 is 1.36 bits per heavy atom. The molecule has 1 heterocycles. The second-order valence-corrected chi connectivity index (χ2v) is 7.68. The Morgan fingerprint density at radius 1 is 0.750 bits per heavy atom. The van der Waals surface area contributed by atoms with Crippen LogP contribution in [0.1, 0.15) is 86.4 Å². The van der Waals surface area contributed by atoms with Gasteiger partial charge in [0.05, 0.1) is 0 Å². The van der Waals surface area contributed by atoms with E-state index in [1.165, 1.54) is 51.4 Å². The minimum Gasteiger partial charge on any atom is -0.452 e. The molecule has 1 aromatic heterocycles. The first kappa shape index (κ1) is 20.4. The monoisotopic (exact) mass is 376 g/mol. The van der Waals surface area contributed by atoms with Crippen molar-refractivity contribution in [3.8, 4) is 0 Å². The van der Waals surface area contributed by atoms with Gasteiger partial charge in [0.25, 0.3) is 0 Å². The van der Waals surface area contributed by atoms with Gasteiger partial charge in [-0.3, -0.25) is 4.79 Å². The lowest BCUT2D eigenvalue weighted by atomic mass is 9.98. The molecule has 0 fully saturated rings. The number of fused-ring (bicyclic) bond motifs is 1. The second-order valence-electron chi connectivity index (χ2n) is 7.68. The average Bonchev–Trinajstić information content (AvgIpc) is 3.11. The Balaban J connectivity index is 1.61. The summed E-state index contributed by atoms with van der Waals surface area (Å²) >= 11 is 0. The lowest BCUT2D eigenvalue weighted by molar-refractivity contribution is 0.101. The van der Waals surface area contributed by atoms with Crippen LogP contribution in [-0.2, 0) is 6.42 Å². The van der Waals surface area contributed by atoms with E-state index in [1.54, 1.807) is 0 Å². The summed E-state index contributed by atoms with van der Waals surface area (Å²) in [6.07, 6.45) is 12.6. The fourth-order valence-corrected chi connectivity index (χ4v) is 3.86. The maximum absolute atomic E-state index is 13.0. The predicted molar refractivity (Wildman–Crippen MR) is 117 cm³/mol. The van der Waals surface area contributed by atoms with Gasteiger partial charge in [0.15, 0.2) is 5.76 Å². The van der Waals surface area contributed by atoms with Gasteiger partial charge in [-0.25, -0.2) is 0 Å². The summed E-state index contributed by atoms with van der Waals surface area (Å²) in [5, 5.41) is 1.08. The molecule has 0 bridgehead atoms. The molecule has 2 aromatic carbocycles. The summed E-state index contributed by atoms with van der Waals surface area (Å²) < 4.78 is 6.00. The molecule has 0 atom stereocenters. The van der Waals surface area contributed by atoms with Gasteiger partial charge in [-0.1, -0.05) is 107 Å². The molecule has 0 saturated heterocycles. The molecule has 0 saturated carbocycles. The maximum atomic E-state index is 13.0. The molecule has 148 valence electrons. The molecule has 0 radical (unpaired) electrons. The molecule has 0 aliphatic heterocycles. The summed E-state index contributed by atoms with van der Waals surface area (Å²) in [5.74, 6) is 0.509. The fraction of sp³-hybridized carbons (Fsp3) is 0.423. The van der Waals surface area contributed by atoms with Gasteiger partial charge in [-0.05, 0) is 18.9 Å². The first-order chi connectivity index (χ1) is 13.8. The summed E-state index contributed by atoms with van der Waals surface area (Å²) in [4.78, 5) is 13.0. The number of furan rings is 1. The van der Waals surface area contributed by atoms with Crippen molar-refractivity contribution in [2.45, 2.75) is 71.1 Å². The number of hydrogen-bond acceptors (Lipinski definition) is 2. The second kappa shape index (κ2) is 10.8. The highest BCUT2D eigenvalue weighted by atomic mass is 16.3. The van der Waals surface area contributed by atoms with Crippen molar-refractivity contribution < 1.29 is 9.21 Å². The third-order valence-corrected chi connectivity index (χ3v) is 5.47. The van der Waals surface area contributed by atoms with Crippen molar-refractivity contribution in [2.24, 2.45) is 0 Å². The van der Waals surface area contributed by atoms with Gasteiger partial charge < -0.3 is 4.42 Å². The van der Waals surface area contributed by atoms with Crippen LogP contribution in [-0.4, -0.2) is 5.78 Å². The van der Waals surface area contributed by atoms with Gasteiger partial charge in [-0.2, -0.15) is 0 Å². The van der Waals surface area contributed by atoms with Crippen LogP contribution in [0, 0.1) is 0 Å². The lowest BCUT2D eigenvalue weighted by Crippen LogP contribution is -2.03. The van der Waals surface area contributed by atoms with Gasteiger partial charge in [0.1, 0.15) is 5.58 Å². The Morgan fingerprint density at radius 3 is 2.07 bits per heavy atom. The highest BCUT2D eigenvalue weighted by Crippen LogP contribution is 2.29. The third-order valence-electron chi connectivity index (χ3n) is 5.47. The quantitative estimate of drug-likeness (QED) is 0.239. The summed E-state index contributed by atoms with van der Waals surface area (Å²) in [7, 11) is 0. The molecule has 0 spiro atoms. The molecule has 3 rings (SSSR count). The minimum atomic E-state index is -0.0114. The number of rotatable bonds is 12. The highest BCUT2D eigenvalue weighted by molar-refractivity contribution is 6.10. The van der Waals surface area contributed by atoms with Crippen LogP contribution >= 0.6 is 0 Å². The van der Waals surface area contributed by atoms with E-state index in [4.69, 9.17) is 4.42 Å². The third kappa shape index (κ3) is 5.34. The summed E-state index contributed by atoms with van der Waals surface area (Å²) in [6.45, 7) is 2.26. The lowest BCUT2D eigenvalue weighted by Gasteiger charge is -2.04. The van der Waals surface area contributed by atoms with Crippen LogP contribution in [0.2, 0.25) is 0 Å². The largest absolute Gasteiger partial charge is 0.452 e. The molecule has 0 unspecified atom stereocenters. The summed E-state index contributed by atoms with van der Waals surface area (Å²) in [5.41, 5.74) is 2.58. The number of aryl methyl sites for hydroxylation is 1. The Kier molecular flexibility index (Phi) is 7.90. The minimum absolute atomic E-state index is 0.0114. The van der Waals surface area contributed by atoms with Crippen molar-refractivity contribution in [2.75, 3.05) is 0 Å². The molecule has 0 N–H and O–H groups in total. The van der Waals surface area contributed by atoms with Gasteiger partial charge in [0, 0.05) is 16.5 Å². The van der Waals surface area contributed by atoms with Gasteiger partial charge in [0.2, 0.25) is 5.78 Å². The number of unbranched alkanes of at least 4 members (excludes halogenated alkanes) is 8. The van der Waals surface area contributed by atoms with Crippen LogP contribution in [0.25, 0.3) is 11.0 Å². The molecule has 28 heavy (non-hydrogen) atoms. The molecular weight excluding hydrogens is 344 g/mol. The van der Waals surface area contributed by atoms with Crippen molar-refractivity contribution in [1.82, 2.24) is 0 Å². The van der Waals surface area contributed by atoms with Crippen molar-refractivity contribution in [3.63, 3.8) is 0 Å². The van der Waals surface area contributed by atoms with Crippen molar-refractivity contribution in [3.05, 3.63) is 71.5 Å². The van der Waals surface area contributed by atoms with E-state index in [0.29, 0.717) is 11.3 Å². The molecule has 2 nitrogen and oxygen atoms in total. The molecule has 0 aliphatic carbocycles. The number of para-hydroxylation sites is 1. The number of carbonyl (C=O) groups excluding carboxylic acids is 1. The zero-order chi connectivity index (χ0) is 19.6. The predicted octanol–water partition coefficient (Wildman–Crippen LogP) is 7.74. The van der Waals surface area contributed by atoms with E-state index in [-0.39, 0.29) is 5.78 Å². The first-order valence-corrected chi connectivity index (χ1v) is 10.9. The van der Waals surface area contributed by atoms with Gasteiger partial charge in [-0.15, -0.1) is 0 Å². The van der Waals surface area contributed by atoms with Crippen LogP contribution in [0.3, 0.4) is 0 Å². The normalized spacial score (nSPS) is 11.2. The van der Waals surface area contributed by atoms with E-state index < -0.39 is 0 Å². The smallest absolute Gasteiger partial charge is 0.228 e. The Labute approximate surface area is 169 Å². The van der Waals surface area contributed by atoms with E-state index in [9.17, 15) is 4.79 Å². The number of benzene rings is 2. The topological polar surface area (TPSA) is 30.2 Å². The van der Waals surface area contributed by atoms with E-state index in [2.05, 4.69) is 13.0 Å². The molecule has 0 amide bonds. The SMILES string of the molecule is CCCCCCCCCCCc1c(C(=O)c2ccccc2)oc2ccccc12. The van der Waals surface area contributed by atoms with Crippen LogP contribution in [0.4, 0.5) is 0 Å². The maximum Gasteiger partial charge on any atom is 0.228 e. The zero-order valence-corrected chi connectivity index (χ0v) is 17.1. The number of carbonyl (C=O) groups is 1. The molecule has 0 aliphatic rings. The number of hydrogen-bond donors (Lipinski definition) is 0. The fourth-order valence-electron chi connectivity index (χ4n) is 3.86. The highest BCUT2D eigenvalue weighted by Gasteiger charge is 2.21. The van der Waals surface area contributed by atoms with E-state index in [0.717, 1.165) is 29.4 Å². The summed E-state index contributed by atoms with van der Waals surface area (Å²) in [6, 6.07) is 17.5. The molecule has 2 heteroatoms. The number of ketones is 1. The Bertz CT molecular complexity index is 861. The van der Waals surface area contributed by atoms with Crippen LogP contribution in [0.15, 0.2) is 59.0 Å². The van der Waals surface area contributed by atoms with Crippen LogP contribution < -0.4 is 0 Å². The first-order valence-electron chi connectivity index (χ1n) is 10.9.